The van der Waals surface area contributed by atoms with Gasteiger partial charge in [-0.1, -0.05) is 31.0 Å². The quantitative estimate of drug-likeness (QED) is 0.763. The Bertz CT molecular complexity index is 722. The van der Waals surface area contributed by atoms with Crippen LogP contribution in [-0.4, -0.2) is 32.9 Å². The summed E-state index contributed by atoms with van der Waals surface area (Å²) < 4.78 is 5.71. The standard InChI is InChI=1S/C17H24N4O2S2/c1-10-14(25-12(3)19-10)16-20-21-17(23-16)24-11(2)15(22)18-9-13-7-5-4-6-8-13/h11,13H,4-9H2,1-3H3,(H,18,22). The summed E-state index contributed by atoms with van der Waals surface area (Å²) in [5.41, 5.74) is 0.890. The van der Waals surface area contributed by atoms with Crippen molar-refractivity contribution in [2.75, 3.05) is 6.54 Å². The summed E-state index contributed by atoms with van der Waals surface area (Å²) in [6.45, 7) is 6.52. The summed E-state index contributed by atoms with van der Waals surface area (Å²) in [7, 11) is 0. The molecule has 1 N–H and O–H groups in total. The molecule has 6 nitrogen and oxygen atoms in total. The van der Waals surface area contributed by atoms with Crippen molar-refractivity contribution in [3.05, 3.63) is 10.7 Å². The second-order valence-electron chi connectivity index (χ2n) is 6.53. The number of nitrogens with one attached hydrogen (secondary N) is 1. The number of aryl methyl sites for hydroxylation is 2. The maximum absolute atomic E-state index is 12.3. The zero-order valence-corrected chi connectivity index (χ0v) is 16.5. The van der Waals surface area contributed by atoms with Gasteiger partial charge in [-0.25, -0.2) is 4.98 Å². The van der Waals surface area contributed by atoms with Gasteiger partial charge in [0.1, 0.15) is 4.88 Å². The van der Waals surface area contributed by atoms with Crippen LogP contribution in [0, 0.1) is 19.8 Å². The Balaban J connectivity index is 1.53. The van der Waals surface area contributed by atoms with Gasteiger partial charge in [-0.15, -0.1) is 21.5 Å². The van der Waals surface area contributed by atoms with Gasteiger partial charge in [-0.2, -0.15) is 0 Å². The van der Waals surface area contributed by atoms with Crippen LogP contribution in [0.15, 0.2) is 9.64 Å². The van der Waals surface area contributed by atoms with Crippen LogP contribution in [-0.2, 0) is 4.79 Å². The van der Waals surface area contributed by atoms with Gasteiger partial charge in [-0.3, -0.25) is 4.79 Å². The number of thioether (sulfide) groups is 1. The smallest absolute Gasteiger partial charge is 0.277 e. The Kier molecular flexibility index (Phi) is 6.11. The Hall–Kier alpha value is -1.41. The second kappa shape index (κ2) is 8.31. The number of hydrogen-bond acceptors (Lipinski definition) is 7. The van der Waals surface area contributed by atoms with E-state index in [-0.39, 0.29) is 11.2 Å². The van der Waals surface area contributed by atoms with Crippen LogP contribution in [0.5, 0.6) is 0 Å². The number of carbonyl (C=O) groups excluding carboxylic acids is 1. The maximum atomic E-state index is 12.3. The highest BCUT2D eigenvalue weighted by molar-refractivity contribution is 8.00. The Labute approximate surface area is 156 Å². The third-order valence-corrected chi connectivity index (χ3v) is 6.44. The fourth-order valence-corrected chi connectivity index (χ4v) is 4.61. The third-order valence-electron chi connectivity index (χ3n) is 4.44. The summed E-state index contributed by atoms with van der Waals surface area (Å²) in [5.74, 6) is 1.13. The van der Waals surface area contributed by atoms with Crippen molar-refractivity contribution in [1.82, 2.24) is 20.5 Å². The SMILES string of the molecule is Cc1nc(C)c(-c2nnc(SC(C)C(=O)NCC3CCCCC3)o2)s1. The molecule has 1 saturated carbocycles. The first-order valence-corrected chi connectivity index (χ1v) is 10.4. The van der Waals surface area contributed by atoms with E-state index in [0.717, 1.165) is 22.1 Å². The van der Waals surface area contributed by atoms with E-state index in [4.69, 9.17) is 4.42 Å². The zero-order valence-electron chi connectivity index (χ0n) is 14.9. The third kappa shape index (κ3) is 4.82. The van der Waals surface area contributed by atoms with Crippen molar-refractivity contribution in [1.29, 1.82) is 0 Å². The maximum Gasteiger partial charge on any atom is 0.277 e. The van der Waals surface area contributed by atoms with Crippen molar-refractivity contribution >= 4 is 29.0 Å². The van der Waals surface area contributed by atoms with Gasteiger partial charge in [0.15, 0.2) is 0 Å². The van der Waals surface area contributed by atoms with E-state index in [0.29, 0.717) is 17.0 Å². The van der Waals surface area contributed by atoms with Crippen LogP contribution < -0.4 is 5.32 Å². The van der Waals surface area contributed by atoms with E-state index in [1.807, 2.05) is 20.8 Å². The first-order valence-electron chi connectivity index (χ1n) is 8.75. The minimum absolute atomic E-state index is 0.0279. The van der Waals surface area contributed by atoms with Crippen molar-refractivity contribution in [3.63, 3.8) is 0 Å². The average Bonchev–Trinajstić information content (AvgIpc) is 3.19. The Morgan fingerprint density at radius 1 is 1.32 bits per heavy atom. The molecule has 2 heterocycles. The monoisotopic (exact) mass is 380 g/mol. The lowest BCUT2D eigenvalue weighted by atomic mass is 9.89. The highest BCUT2D eigenvalue weighted by Crippen LogP contribution is 2.31. The van der Waals surface area contributed by atoms with Crippen molar-refractivity contribution in [3.8, 4) is 10.8 Å². The van der Waals surface area contributed by atoms with Gasteiger partial charge in [0.25, 0.3) is 11.1 Å². The molecule has 0 saturated heterocycles. The van der Waals surface area contributed by atoms with Crippen molar-refractivity contribution < 1.29 is 9.21 Å². The molecule has 0 radical (unpaired) electrons. The number of rotatable bonds is 6. The lowest BCUT2D eigenvalue weighted by molar-refractivity contribution is -0.120. The molecule has 1 aliphatic carbocycles. The fourth-order valence-electron chi connectivity index (χ4n) is 3.06. The van der Waals surface area contributed by atoms with Gasteiger partial charge in [0.05, 0.1) is 16.0 Å². The van der Waals surface area contributed by atoms with Crippen molar-refractivity contribution in [2.24, 2.45) is 5.92 Å². The molecule has 0 aliphatic heterocycles. The number of amides is 1. The highest BCUT2D eigenvalue weighted by Gasteiger charge is 2.21. The summed E-state index contributed by atoms with van der Waals surface area (Å²) >= 11 is 2.83. The average molecular weight is 381 g/mol. The Morgan fingerprint density at radius 3 is 2.76 bits per heavy atom. The summed E-state index contributed by atoms with van der Waals surface area (Å²) in [6.07, 6.45) is 6.35. The van der Waals surface area contributed by atoms with Gasteiger partial charge >= 0.3 is 0 Å². The largest absolute Gasteiger partial charge is 0.410 e. The van der Waals surface area contributed by atoms with E-state index in [2.05, 4.69) is 20.5 Å². The van der Waals surface area contributed by atoms with Crippen molar-refractivity contribution in [2.45, 2.75) is 63.3 Å². The number of thiazole rings is 1. The van der Waals surface area contributed by atoms with Crippen LogP contribution in [0.3, 0.4) is 0 Å². The summed E-state index contributed by atoms with van der Waals surface area (Å²) in [4.78, 5) is 17.6. The molecule has 25 heavy (non-hydrogen) atoms. The molecular weight excluding hydrogens is 356 g/mol. The minimum Gasteiger partial charge on any atom is -0.410 e. The number of nitrogens with zero attached hydrogens (tertiary/aromatic N) is 3. The molecule has 0 spiro atoms. The molecule has 0 aromatic carbocycles. The summed E-state index contributed by atoms with van der Waals surface area (Å²) in [5, 5.41) is 12.3. The van der Waals surface area contributed by atoms with E-state index >= 15 is 0 Å². The topological polar surface area (TPSA) is 80.9 Å². The normalized spacial score (nSPS) is 16.8. The predicted molar refractivity (Wildman–Crippen MR) is 99.8 cm³/mol. The molecule has 2 aromatic rings. The van der Waals surface area contributed by atoms with E-state index in [1.165, 1.54) is 55.2 Å². The lowest BCUT2D eigenvalue weighted by Gasteiger charge is -2.22. The van der Waals surface area contributed by atoms with Gasteiger partial charge < -0.3 is 9.73 Å². The number of aromatic nitrogens is 3. The molecule has 1 atom stereocenters. The Morgan fingerprint density at radius 2 is 2.08 bits per heavy atom. The van der Waals surface area contributed by atoms with Gasteiger partial charge in [0.2, 0.25) is 5.91 Å². The molecule has 1 amide bonds. The molecule has 3 rings (SSSR count). The highest BCUT2D eigenvalue weighted by atomic mass is 32.2. The molecule has 2 aromatic heterocycles. The van der Waals surface area contributed by atoms with Crippen LogP contribution in [0.1, 0.15) is 49.7 Å². The van der Waals surface area contributed by atoms with Crippen LogP contribution in [0.2, 0.25) is 0 Å². The first-order chi connectivity index (χ1) is 12.0. The van der Waals surface area contributed by atoms with Crippen LogP contribution in [0.4, 0.5) is 0 Å². The first kappa shape index (κ1) is 18.4. The molecule has 1 unspecified atom stereocenters. The number of carbonyl (C=O) groups is 1. The van der Waals surface area contributed by atoms with E-state index in [9.17, 15) is 4.79 Å². The second-order valence-corrected chi connectivity index (χ2v) is 9.03. The van der Waals surface area contributed by atoms with Gasteiger partial charge in [0, 0.05) is 6.54 Å². The molecule has 8 heteroatoms. The predicted octanol–water partition coefficient (Wildman–Crippen LogP) is 3.99. The number of hydrogen-bond donors (Lipinski definition) is 1. The van der Waals surface area contributed by atoms with E-state index < -0.39 is 0 Å². The van der Waals surface area contributed by atoms with Gasteiger partial charge in [-0.05, 0) is 39.5 Å². The molecule has 0 bridgehead atoms. The van der Waals surface area contributed by atoms with Crippen LogP contribution in [0.25, 0.3) is 10.8 Å². The van der Waals surface area contributed by atoms with Crippen LogP contribution >= 0.6 is 23.1 Å². The minimum atomic E-state index is -0.263. The molecule has 136 valence electrons. The molecular formula is C17H24N4O2S2. The molecule has 1 aliphatic rings. The fraction of sp³-hybridized carbons (Fsp3) is 0.647. The molecule has 1 fully saturated rings. The summed E-state index contributed by atoms with van der Waals surface area (Å²) in [6, 6.07) is 0. The van der Waals surface area contributed by atoms with E-state index in [1.54, 1.807) is 0 Å². The lowest BCUT2D eigenvalue weighted by Crippen LogP contribution is -2.35. The zero-order chi connectivity index (χ0) is 17.8.